The maximum absolute atomic E-state index is 5.19. The van der Waals surface area contributed by atoms with Gasteiger partial charge in [-0.2, -0.15) is 0 Å². The van der Waals surface area contributed by atoms with Crippen LogP contribution in [0.2, 0.25) is 0 Å². The molecule has 0 bridgehead atoms. The molecule has 0 saturated carbocycles. The van der Waals surface area contributed by atoms with Gasteiger partial charge in [-0.1, -0.05) is 42.5 Å². The molecule has 0 radical (unpaired) electrons. The molecule has 0 spiro atoms. The molecule has 0 saturated heterocycles. The average molecular weight is 293 g/mol. The Morgan fingerprint density at radius 3 is 2.45 bits per heavy atom. The van der Waals surface area contributed by atoms with Crippen molar-refractivity contribution >= 4 is 0 Å². The number of aromatic nitrogens is 3. The molecule has 0 aliphatic heterocycles. The number of ether oxygens (including phenoxy) is 1. The highest BCUT2D eigenvalue weighted by Crippen LogP contribution is 2.20. The van der Waals surface area contributed by atoms with E-state index in [1.54, 1.807) is 13.4 Å². The molecule has 4 nitrogen and oxygen atoms in total. The van der Waals surface area contributed by atoms with E-state index >= 15 is 0 Å². The Morgan fingerprint density at radius 2 is 1.77 bits per heavy atom. The van der Waals surface area contributed by atoms with Crippen LogP contribution in [0.3, 0.4) is 0 Å². The number of benzene rings is 2. The van der Waals surface area contributed by atoms with E-state index in [0.29, 0.717) is 0 Å². The summed E-state index contributed by atoms with van der Waals surface area (Å²) in [6.07, 6.45) is 2.55. The van der Waals surface area contributed by atoms with Crippen LogP contribution in [-0.4, -0.2) is 21.9 Å². The highest BCUT2D eigenvalue weighted by atomic mass is 16.5. The highest BCUT2D eigenvalue weighted by molar-refractivity contribution is 5.29. The van der Waals surface area contributed by atoms with Crippen LogP contribution in [0, 0.1) is 0 Å². The van der Waals surface area contributed by atoms with E-state index in [4.69, 9.17) is 4.74 Å². The maximum Gasteiger partial charge on any atom is 0.137 e. The smallest absolute Gasteiger partial charge is 0.137 e. The molecular formula is C18H19N3O. The molecule has 0 fully saturated rings. The van der Waals surface area contributed by atoms with Gasteiger partial charge in [0, 0.05) is 6.42 Å². The predicted molar refractivity (Wildman–Crippen MR) is 86.1 cm³/mol. The second kappa shape index (κ2) is 6.43. The summed E-state index contributed by atoms with van der Waals surface area (Å²) in [7, 11) is 1.67. The fourth-order valence-corrected chi connectivity index (χ4v) is 2.53. The van der Waals surface area contributed by atoms with Gasteiger partial charge in [-0.05, 0) is 30.2 Å². The van der Waals surface area contributed by atoms with Gasteiger partial charge in [-0.25, -0.2) is 0 Å². The molecule has 3 aromatic rings. The van der Waals surface area contributed by atoms with Gasteiger partial charge in [0.15, 0.2) is 0 Å². The Morgan fingerprint density at radius 1 is 1.05 bits per heavy atom. The fourth-order valence-electron chi connectivity index (χ4n) is 2.53. The van der Waals surface area contributed by atoms with Crippen molar-refractivity contribution in [2.24, 2.45) is 0 Å². The van der Waals surface area contributed by atoms with E-state index in [0.717, 1.165) is 18.0 Å². The van der Waals surface area contributed by atoms with Gasteiger partial charge >= 0.3 is 0 Å². The molecule has 2 aromatic carbocycles. The van der Waals surface area contributed by atoms with Crippen LogP contribution in [0.5, 0.6) is 5.75 Å². The Balaban J connectivity index is 1.82. The molecule has 1 unspecified atom stereocenters. The molecule has 0 amide bonds. The van der Waals surface area contributed by atoms with E-state index in [2.05, 4.69) is 58.1 Å². The van der Waals surface area contributed by atoms with Crippen molar-refractivity contribution in [3.8, 4) is 5.75 Å². The molecule has 0 aliphatic rings. The summed E-state index contributed by atoms with van der Waals surface area (Å²) < 4.78 is 7.32. The number of hydrogen-bond donors (Lipinski definition) is 0. The van der Waals surface area contributed by atoms with Crippen molar-refractivity contribution in [3.05, 3.63) is 77.9 Å². The third kappa shape index (κ3) is 3.01. The summed E-state index contributed by atoms with van der Waals surface area (Å²) >= 11 is 0. The lowest BCUT2D eigenvalue weighted by atomic mass is 10.1. The minimum atomic E-state index is 0.212. The SMILES string of the molecule is COc1ccc(Cc2nncn2C(C)c2ccccc2)cc1. The number of nitrogens with zero attached hydrogens (tertiary/aromatic N) is 3. The standard InChI is InChI=1S/C18H19N3O/c1-14(16-6-4-3-5-7-16)21-13-19-20-18(21)12-15-8-10-17(22-2)11-9-15/h3-11,13-14H,12H2,1-2H3. The summed E-state index contributed by atoms with van der Waals surface area (Å²) in [4.78, 5) is 0. The largest absolute Gasteiger partial charge is 0.497 e. The Hall–Kier alpha value is -2.62. The first-order valence-corrected chi connectivity index (χ1v) is 7.34. The Labute approximate surface area is 130 Å². The lowest BCUT2D eigenvalue weighted by Crippen LogP contribution is -2.10. The summed E-state index contributed by atoms with van der Waals surface area (Å²) in [5, 5.41) is 8.37. The molecule has 22 heavy (non-hydrogen) atoms. The minimum absolute atomic E-state index is 0.212. The number of hydrogen-bond acceptors (Lipinski definition) is 3. The van der Waals surface area contributed by atoms with E-state index in [-0.39, 0.29) is 6.04 Å². The lowest BCUT2D eigenvalue weighted by molar-refractivity contribution is 0.414. The number of methoxy groups -OCH3 is 1. The molecule has 4 heteroatoms. The minimum Gasteiger partial charge on any atom is -0.497 e. The van der Waals surface area contributed by atoms with Gasteiger partial charge in [-0.15, -0.1) is 10.2 Å². The highest BCUT2D eigenvalue weighted by Gasteiger charge is 2.13. The van der Waals surface area contributed by atoms with Gasteiger partial charge in [0.05, 0.1) is 13.2 Å². The van der Waals surface area contributed by atoms with Crippen molar-refractivity contribution in [1.82, 2.24) is 14.8 Å². The van der Waals surface area contributed by atoms with E-state index in [9.17, 15) is 0 Å². The topological polar surface area (TPSA) is 39.9 Å². The normalized spacial score (nSPS) is 12.1. The van der Waals surface area contributed by atoms with Gasteiger partial charge in [0.1, 0.15) is 17.9 Å². The van der Waals surface area contributed by atoms with Crippen molar-refractivity contribution < 1.29 is 4.74 Å². The summed E-state index contributed by atoms with van der Waals surface area (Å²) in [6, 6.07) is 18.7. The van der Waals surface area contributed by atoms with E-state index in [1.165, 1.54) is 11.1 Å². The van der Waals surface area contributed by atoms with Crippen LogP contribution in [0.25, 0.3) is 0 Å². The van der Waals surface area contributed by atoms with E-state index < -0.39 is 0 Å². The quantitative estimate of drug-likeness (QED) is 0.723. The van der Waals surface area contributed by atoms with Crippen LogP contribution < -0.4 is 4.74 Å². The molecule has 1 heterocycles. The molecule has 0 N–H and O–H groups in total. The maximum atomic E-state index is 5.19. The zero-order valence-corrected chi connectivity index (χ0v) is 12.8. The fraction of sp³-hybridized carbons (Fsp3) is 0.222. The van der Waals surface area contributed by atoms with Gasteiger partial charge in [0.2, 0.25) is 0 Å². The predicted octanol–water partition coefficient (Wildman–Crippen LogP) is 3.49. The van der Waals surface area contributed by atoms with Gasteiger partial charge < -0.3 is 9.30 Å². The van der Waals surface area contributed by atoms with Crippen LogP contribution in [-0.2, 0) is 6.42 Å². The van der Waals surface area contributed by atoms with Crippen LogP contribution in [0.1, 0.15) is 29.9 Å². The zero-order valence-electron chi connectivity index (χ0n) is 12.8. The first-order valence-electron chi connectivity index (χ1n) is 7.34. The third-order valence-corrected chi connectivity index (χ3v) is 3.87. The van der Waals surface area contributed by atoms with Crippen LogP contribution in [0.15, 0.2) is 60.9 Å². The lowest BCUT2D eigenvalue weighted by Gasteiger charge is -2.16. The van der Waals surface area contributed by atoms with Crippen molar-refractivity contribution in [3.63, 3.8) is 0 Å². The third-order valence-electron chi connectivity index (χ3n) is 3.87. The number of rotatable bonds is 5. The summed E-state index contributed by atoms with van der Waals surface area (Å²) in [5.41, 5.74) is 2.44. The average Bonchev–Trinajstić information content (AvgIpc) is 3.04. The molecule has 3 rings (SSSR count). The molecular weight excluding hydrogens is 274 g/mol. The summed E-state index contributed by atoms with van der Waals surface area (Å²) in [5.74, 6) is 1.82. The zero-order chi connectivity index (χ0) is 15.4. The van der Waals surface area contributed by atoms with Crippen molar-refractivity contribution in [2.45, 2.75) is 19.4 Å². The van der Waals surface area contributed by atoms with Gasteiger partial charge in [-0.3, -0.25) is 0 Å². The molecule has 1 atom stereocenters. The van der Waals surface area contributed by atoms with Crippen LogP contribution >= 0.6 is 0 Å². The molecule has 112 valence electrons. The second-order valence-corrected chi connectivity index (χ2v) is 5.27. The monoisotopic (exact) mass is 293 g/mol. The van der Waals surface area contributed by atoms with Crippen molar-refractivity contribution in [2.75, 3.05) is 7.11 Å². The second-order valence-electron chi connectivity index (χ2n) is 5.27. The Bertz CT molecular complexity index is 720. The molecule has 1 aromatic heterocycles. The first-order chi connectivity index (χ1) is 10.8. The van der Waals surface area contributed by atoms with E-state index in [1.807, 2.05) is 18.2 Å². The Kier molecular flexibility index (Phi) is 4.19. The summed E-state index contributed by atoms with van der Waals surface area (Å²) in [6.45, 7) is 2.16. The van der Waals surface area contributed by atoms with Crippen LogP contribution in [0.4, 0.5) is 0 Å². The molecule has 0 aliphatic carbocycles. The van der Waals surface area contributed by atoms with Crippen molar-refractivity contribution in [1.29, 1.82) is 0 Å². The first kappa shape index (κ1) is 14.3. The van der Waals surface area contributed by atoms with Gasteiger partial charge in [0.25, 0.3) is 0 Å².